The summed E-state index contributed by atoms with van der Waals surface area (Å²) in [6.07, 6.45) is 1.83. The molecule has 0 spiro atoms. The number of halogens is 2. The molecule has 5 aromatic rings. The number of alkyl halides is 2. The molecule has 3 aromatic carbocycles. The van der Waals surface area contributed by atoms with Gasteiger partial charge in [0, 0.05) is 35.3 Å². The molecule has 1 fully saturated rings. The van der Waals surface area contributed by atoms with E-state index in [0.717, 1.165) is 44.2 Å². The molecule has 4 heterocycles. The van der Waals surface area contributed by atoms with Crippen LogP contribution in [0.4, 0.5) is 13.9 Å². The predicted molar refractivity (Wildman–Crippen MR) is 202 cm³/mol. The molecule has 2 amide bonds. The van der Waals surface area contributed by atoms with Crippen molar-refractivity contribution in [3.8, 4) is 0 Å². The number of carbonyl (C=O) groups excluding carboxylic acids is 3. The molecule has 2 aliphatic rings. The summed E-state index contributed by atoms with van der Waals surface area (Å²) >= 11 is 2.39. The summed E-state index contributed by atoms with van der Waals surface area (Å²) < 4.78 is 28.5. The van der Waals surface area contributed by atoms with Gasteiger partial charge in [0.2, 0.25) is 0 Å². The number of carboxylic acids is 1. The van der Waals surface area contributed by atoms with Crippen molar-refractivity contribution >= 4 is 51.7 Å². The van der Waals surface area contributed by atoms with Crippen molar-refractivity contribution < 1.29 is 37.7 Å². The normalized spacial score (nSPS) is 17.1. The summed E-state index contributed by atoms with van der Waals surface area (Å²) in [5, 5.41) is 23.0. The average molecular weight is 781 g/mol. The highest BCUT2D eigenvalue weighted by Crippen LogP contribution is 2.42. The zero-order chi connectivity index (χ0) is 38.7. The van der Waals surface area contributed by atoms with Gasteiger partial charge in [-0.15, -0.1) is 23.1 Å². The summed E-state index contributed by atoms with van der Waals surface area (Å²) in [6.45, 7) is 0.732. The van der Waals surface area contributed by atoms with Crippen LogP contribution >= 0.6 is 23.1 Å². The summed E-state index contributed by atoms with van der Waals surface area (Å²) in [6, 6.07) is 31.8. The van der Waals surface area contributed by atoms with E-state index in [0.29, 0.717) is 10.7 Å². The summed E-state index contributed by atoms with van der Waals surface area (Å²) in [5.74, 6) is -2.97. The van der Waals surface area contributed by atoms with Crippen molar-refractivity contribution in [1.82, 2.24) is 15.2 Å². The minimum atomic E-state index is -3.35. The fourth-order valence-electron chi connectivity index (χ4n) is 6.81. The molecule has 0 aliphatic carbocycles. The van der Waals surface area contributed by atoms with Gasteiger partial charge >= 0.3 is 6.61 Å². The Bertz CT molecular complexity index is 2190. The monoisotopic (exact) mass is 780 g/mol. The first-order chi connectivity index (χ1) is 26.6. The standard InChI is InChI=1S/C40H34F2N6O5S2/c1-24-13-12-20-47(25(24)2)21-26-22-54-36-32(35(50)48(36)33(26)37(51)52)44-34(49)31(46-53-38(41)42)30-23-55-39(43-30)45-40(27-14-6-3-7-15-27,28-16-8-4-9-17-28)29-18-10-5-11-19-29/h3-20,23,32,36,38H,21-22H2,1-2H3,(H2-,43,44,45,49,51,52)/t32?,36-/m1/s1. The number of carboxylic acid groups (broad SMARTS) is 1. The number of hydrogen-bond donors (Lipinski definition) is 2. The van der Waals surface area contributed by atoms with Gasteiger partial charge in [-0.05, 0) is 29.7 Å². The number of aliphatic carboxylic acids is 1. The number of thiazole rings is 1. The van der Waals surface area contributed by atoms with Crippen LogP contribution in [0, 0.1) is 13.8 Å². The minimum Gasteiger partial charge on any atom is -0.543 e. The topological polar surface area (TPSA) is 140 Å². The number of amides is 2. The highest BCUT2D eigenvalue weighted by atomic mass is 32.2. The van der Waals surface area contributed by atoms with Gasteiger partial charge in [-0.25, -0.2) is 4.98 Å². The van der Waals surface area contributed by atoms with Crippen molar-refractivity contribution in [2.45, 2.75) is 44.0 Å². The van der Waals surface area contributed by atoms with E-state index in [2.05, 4.69) is 25.6 Å². The van der Waals surface area contributed by atoms with Gasteiger partial charge in [0.25, 0.3) is 11.8 Å². The molecule has 0 radical (unpaired) electrons. The lowest BCUT2D eigenvalue weighted by Gasteiger charge is -2.50. The number of pyridine rings is 1. The number of β-lactam (4-membered cyclic amide) rings is 1. The van der Waals surface area contributed by atoms with E-state index in [4.69, 9.17) is 0 Å². The minimum absolute atomic E-state index is 0.0863. The number of thioether (sulfide) groups is 1. The number of hydrogen-bond acceptors (Lipinski definition) is 10. The van der Waals surface area contributed by atoms with Crippen molar-refractivity contribution in [3.63, 3.8) is 0 Å². The third kappa shape index (κ3) is 7.32. The van der Waals surface area contributed by atoms with Crippen LogP contribution in [0.3, 0.4) is 0 Å². The Kier molecular flexibility index (Phi) is 10.7. The number of benzene rings is 3. The van der Waals surface area contributed by atoms with Crippen LogP contribution in [0.2, 0.25) is 0 Å². The fourth-order valence-corrected chi connectivity index (χ4v) is 8.89. The summed E-state index contributed by atoms with van der Waals surface area (Å²) in [5.41, 5.74) is 3.17. The van der Waals surface area contributed by atoms with Gasteiger partial charge in [-0.2, -0.15) is 13.3 Å². The molecule has 11 nitrogen and oxygen atoms in total. The second-order valence-corrected chi connectivity index (χ2v) is 14.8. The molecule has 2 atom stereocenters. The summed E-state index contributed by atoms with van der Waals surface area (Å²) in [4.78, 5) is 49.6. The number of anilines is 1. The number of nitrogens with zero attached hydrogens (tertiary/aromatic N) is 4. The third-order valence-corrected chi connectivity index (χ3v) is 11.7. The van der Waals surface area contributed by atoms with Crippen LogP contribution in [-0.2, 0) is 31.3 Å². The van der Waals surface area contributed by atoms with Gasteiger partial charge in [0.15, 0.2) is 29.3 Å². The second kappa shape index (κ2) is 15.8. The second-order valence-electron chi connectivity index (χ2n) is 12.8. The lowest BCUT2D eigenvalue weighted by Crippen LogP contribution is -2.71. The maximum atomic E-state index is 13.8. The molecule has 0 saturated carbocycles. The molecule has 0 bridgehead atoms. The fraction of sp³-hybridized carbons (Fsp3) is 0.200. The van der Waals surface area contributed by atoms with E-state index >= 15 is 0 Å². The Balaban J connectivity index is 1.17. The van der Waals surface area contributed by atoms with Crippen LogP contribution in [0.25, 0.3) is 0 Å². The van der Waals surface area contributed by atoms with Crippen LogP contribution < -0.4 is 20.3 Å². The Morgan fingerprint density at radius 2 is 1.58 bits per heavy atom. The van der Waals surface area contributed by atoms with E-state index in [-0.39, 0.29) is 23.7 Å². The lowest BCUT2D eigenvalue weighted by atomic mass is 9.77. The Hall–Kier alpha value is -5.93. The molecule has 15 heteroatoms. The van der Waals surface area contributed by atoms with E-state index in [9.17, 15) is 28.3 Å². The zero-order valence-corrected chi connectivity index (χ0v) is 31.2. The molecule has 55 heavy (non-hydrogen) atoms. The molecule has 2 N–H and O–H groups in total. The van der Waals surface area contributed by atoms with Gasteiger partial charge < -0.3 is 25.4 Å². The van der Waals surface area contributed by atoms with Crippen LogP contribution in [0.5, 0.6) is 0 Å². The highest BCUT2D eigenvalue weighted by Gasteiger charge is 2.53. The smallest absolute Gasteiger partial charge is 0.407 e. The van der Waals surface area contributed by atoms with Crippen LogP contribution in [0.15, 0.2) is 131 Å². The molecular formula is C40H34F2N6O5S2. The number of nitrogens with one attached hydrogen (secondary N) is 2. The number of oxime groups is 1. The number of carbonyl (C=O) groups is 3. The maximum Gasteiger partial charge on any atom is 0.407 e. The lowest BCUT2D eigenvalue weighted by molar-refractivity contribution is -0.695. The van der Waals surface area contributed by atoms with Crippen molar-refractivity contribution in [1.29, 1.82) is 0 Å². The largest absolute Gasteiger partial charge is 0.543 e. The number of fused-ring (bicyclic) bond motifs is 1. The molecule has 2 aliphatic heterocycles. The van der Waals surface area contributed by atoms with E-state index in [1.54, 1.807) is 0 Å². The van der Waals surface area contributed by atoms with Gasteiger partial charge in [-0.1, -0.05) is 96.2 Å². The Morgan fingerprint density at radius 1 is 0.982 bits per heavy atom. The molecule has 2 aromatic heterocycles. The third-order valence-electron chi connectivity index (χ3n) is 9.60. The van der Waals surface area contributed by atoms with E-state index < -0.39 is 47.1 Å². The van der Waals surface area contributed by atoms with Gasteiger partial charge in [0.1, 0.15) is 22.6 Å². The zero-order valence-electron chi connectivity index (χ0n) is 29.5. The quantitative estimate of drug-likeness (QED) is 0.0586. The first-order valence-corrected chi connectivity index (χ1v) is 19.1. The van der Waals surface area contributed by atoms with Gasteiger partial charge in [0.05, 0.1) is 11.7 Å². The van der Waals surface area contributed by atoms with Crippen LogP contribution in [-0.4, -0.2) is 57.2 Å². The average Bonchev–Trinajstić information content (AvgIpc) is 3.66. The number of rotatable bonds is 13. The first-order valence-electron chi connectivity index (χ1n) is 17.2. The van der Waals surface area contributed by atoms with Crippen LogP contribution in [0.1, 0.15) is 33.6 Å². The SMILES string of the molecule is Cc1ccc[n+](CC2=C(C(=O)[O-])N3C(=O)C(NC(=O)C(=NOC(F)F)c4csc(NC(c5ccccc5)(c5ccccc5)c5ccccc5)n4)[C@H]3SC2)c1C. The molecule has 1 saturated heterocycles. The first kappa shape index (κ1) is 37.4. The Morgan fingerprint density at radius 3 is 2.15 bits per heavy atom. The molecule has 1 unspecified atom stereocenters. The van der Waals surface area contributed by atoms with Crippen molar-refractivity contribution in [2.24, 2.45) is 5.16 Å². The number of aromatic nitrogens is 2. The molecule has 280 valence electrons. The van der Waals surface area contributed by atoms with Crippen molar-refractivity contribution in [3.05, 3.63) is 160 Å². The summed E-state index contributed by atoms with van der Waals surface area (Å²) in [7, 11) is 0. The number of aryl methyl sites for hydroxylation is 1. The van der Waals surface area contributed by atoms with Crippen molar-refractivity contribution in [2.75, 3.05) is 11.1 Å². The molecule has 7 rings (SSSR count). The van der Waals surface area contributed by atoms with E-state index in [1.807, 2.05) is 128 Å². The highest BCUT2D eigenvalue weighted by molar-refractivity contribution is 8.00. The van der Waals surface area contributed by atoms with E-state index in [1.165, 1.54) is 17.1 Å². The Labute approximate surface area is 323 Å². The van der Waals surface area contributed by atoms with Gasteiger partial charge in [-0.3, -0.25) is 14.5 Å². The predicted octanol–water partition coefficient (Wildman–Crippen LogP) is 4.50. The molecular weight excluding hydrogens is 747 g/mol. The maximum absolute atomic E-state index is 13.8.